The molecule has 122 valence electrons. The summed E-state index contributed by atoms with van der Waals surface area (Å²) in [5, 5.41) is 0. The van der Waals surface area contributed by atoms with E-state index in [2.05, 4.69) is 11.9 Å². The lowest BCUT2D eigenvalue weighted by molar-refractivity contribution is 0.282. The molecule has 0 unspecified atom stereocenters. The predicted molar refractivity (Wildman–Crippen MR) is 81.7 cm³/mol. The summed E-state index contributed by atoms with van der Waals surface area (Å²) in [6.07, 6.45) is 0.861. The molecule has 0 bridgehead atoms. The second-order valence-corrected chi connectivity index (χ2v) is 5.64. The molecular weight excluding hydrogens is 304 g/mol. The van der Waals surface area contributed by atoms with E-state index in [0.29, 0.717) is 18.4 Å². The van der Waals surface area contributed by atoms with Crippen molar-refractivity contribution in [2.45, 2.75) is 32.5 Å². The van der Waals surface area contributed by atoms with Gasteiger partial charge >= 0.3 is 5.69 Å². The van der Waals surface area contributed by atoms with E-state index >= 15 is 0 Å². The molecule has 0 amide bonds. The third-order valence-electron chi connectivity index (χ3n) is 4.17. The van der Waals surface area contributed by atoms with Crippen molar-refractivity contribution in [2.24, 2.45) is 0 Å². The van der Waals surface area contributed by atoms with E-state index < -0.39 is 17.3 Å². The summed E-state index contributed by atoms with van der Waals surface area (Å²) in [6.45, 7) is 2.47. The van der Waals surface area contributed by atoms with Gasteiger partial charge in [0.1, 0.15) is 12.4 Å². The molecule has 1 atom stereocenters. The van der Waals surface area contributed by atoms with Crippen LogP contribution in [0.2, 0.25) is 0 Å². The Morgan fingerprint density at radius 3 is 2.96 bits per heavy atom. The highest BCUT2D eigenvalue weighted by Gasteiger charge is 2.22. The Morgan fingerprint density at radius 1 is 1.39 bits per heavy atom. The van der Waals surface area contributed by atoms with Crippen molar-refractivity contribution in [3.8, 4) is 5.88 Å². The molecule has 2 aromatic rings. The van der Waals surface area contributed by atoms with Gasteiger partial charge in [-0.05, 0) is 19.4 Å². The highest BCUT2D eigenvalue weighted by Crippen LogP contribution is 2.24. The lowest BCUT2D eigenvalue weighted by Gasteiger charge is -2.34. The van der Waals surface area contributed by atoms with Gasteiger partial charge in [-0.2, -0.15) is 4.98 Å². The lowest BCUT2D eigenvalue weighted by Crippen LogP contribution is -2.41. The van der Waals surface area contributed by atoms with E-state index in [1.54, 1.807) is 10.6 Å². The van der Waals surface area contributed by atoms with E-state index in [0.717, 1.165) is 12.5 Å². The molecule has 0 N–H and O–H groups in total. The average molecular weight is 321 g/mol. The number of anilines is 1. The van der Waals surface area contributed by atoms with Crippen LogP contribution in [0.3, 0.4) is 0 Å². The van der Waals surface area contributed by atoms with Crippen molar-refractivity contribution in [2.75, 3.05) is 11.9 Å². The zero-order valence-corrected chi connectivity index (χ0v) is 12.9. The summed E-state index contributed by atoms with van der Waals surface area (Å²) in [5.41, 5.74) is -0.331. The van der Waals surface area contributed by atoms with Crippen molar-refractivity contribution in [3.63, 3.8) is 0 Å². The molecule has 3 rings (SSSR count). The lowest BCUT2D eigenvalue weighted by atomic mass is 10.1. The zero-order valence-electron chi connectivity index (χ0n) is 12.9. The number of halogens is 2. The Labute approximate surface area is 132 Å². The summed E-state index contributed by atoms with van der Waals surface area (Å²) < 4.78 is 33.8. The fourth-order valence-corrected chi connectivity index (χ4v) is 2.60. The van der Waals surface area contributed by atoms with Crippen LogP contribution >= 0.6 is 0 Å². The predicted octanol–water partition coefficient (Wildman–Crippen LogP) is 2.33. The monoisotopic (exact) mass is 321 g/mol. The first-order valence-corrected chi connectivity index (χ1v) is 7.38. The van der Waals surface area contributed by atoms with Crippen LogP contribution in [0, 0.1) is 11.6 Å². The van der Waals surface area contributed by atoms with Gasteiger partial charge in [-0.1, -0.05) is 12.1 Å². The van der Waals surface area contributed by atoms with Crippen LogP contribution in [0.4, 0.5) is 14.6 Å². The smallest absolute Gasteiger partial charge is 0.352 e. The molecule has 0 spiro atoms. The molecule has 5 nitrogen and oxygen atoms in total. The van der Waals surface area contributed by atoms with Crippen LogP contribution in [0.15, 0.2) is 29.1 Å². The van der Waals surface area contributed by atoms with Gasteiger partial charge in [0.05, 0.1) is 0 Å². The highest BCUT2D eigenvalue weighted by molar-refractivity contribution is 5.43. The maximum atomic E-state index is 13.6. The molecule has 0 saturated carbocycles. The standard InChI is InChI=1S/C16H17F2N3O2/c1-10-6-7-21-14(20(10)2)8-13(19-16(21)22)23-9-11-4-3-5-12(17)15(11)18/h3-5,8,10H,6-7,9H2,1-2H3/t10-/m0/s1. The molecule has 0 fully saturated rings. The Morgan fingerprint density at radius 2 is 2.17 bits per heavy atom. The maximum absolute atomic E-state index is 13.6. The van der Waals surface area contributed by atoms with E-state index in [-0.39, 0.29) is 18.1 Å². The van der Waals surface area contributed by atoms with Gasteiger partial charge in [0.2, 0.25) is 5.88 Å². The van der Waals surface area contributed by atoms with E-state index in [9.17, 15) is 13.6 Å². The summed E-state index contributed by atoms with van der Waals surface area (Å²) in [5.74, 6) is -1.07. The van der Waals surface area contributed by atoms with Crippen LogP contribution < -0.4 is 15.3 Å². The van der Waals surface area contributed by atoms with Crippen molar-refractivity contribution in [3.05, 3.63) is 51.9 Å². The minimum absolute atomic E-state index is 0.0753. The highest BCUT2D eigenvalue weighted by atomic mass is 19.2. The molecular formula is C16H17F2N3O2. The minimum atomic E-state index is -0.951. The molecule has 0 saturated heterocycles. The zero-order chi connectivity index (χ0) is 16.6. The van der Waals surface area contributed by atoms with Gasteiger partial charge in [0.15, 0.2) is 11.6 Å². The minimum Gasteiger partial charge on any atom is -0.472 e. The first-order chi connectivity index (χ1) is 11.0. The van der Waals surface area contributed by atoms with E-state index in [1.165, 1.54) is 12.1 Å². The number of benzene rings is 1. The summed E-state index contributed by atoms with van der Waals surface area (Å²) in [4.78, 5) is 17.9. The van der Waals surface area contributed by atoms with Crippen LogP contribution in [-0.2, 0) is 13.2 Å². The van der Waals surface area contributed by atoms with Crippen molar-refractivity contribution >= 4 is 5.82 Å². The van der Waals surface area contributed by atoms with Crippen molar-refractivity contribution in [1.29, 1.82) is 0 Å². The molecule has 7 heteroatoms. The first-order valence-electron chi connectivity index (χ1n) is 7.38. The number of hydrogen-bond donors (Lipinski definition) is 0. The first kappa shape index (κ1) is 15.5. The second-order valence-electron chi connectivity index (χ2n) is 5.64. The van der Waals surface area contributed by atoms with Crippen LogP contribution in [0.1, 0.15) is 18.9 Å². The SMILES string of the molecule is C[C@H]1CCn2c(cc(OCc3cccc(F)c3F)nc2=O)N1C. The van der Waals surface area contributed by atoms with Gasteiger partial charge in [-0.15, -0.1) is 0 Å². The van der Waals surface area contributed by atoms with Gasteiger partial charge in [-0.3, -0.25) is 4.57 Å². The number of hydrogen-bond acceptors (Lipinski definition) is 4. The van der Waals surface area contributed by atoms with Gasteiger partial charge in [0.25, 0.3) is 0 Å². The average Bonchev–Trinajstić information content (AvgIpc) is 2.53. The maximum Gasteiger partial charge on any atom is 0.352 e. The van der Waals surface area contributed by atoms with E-state index in [1.807, 2.05) is 11.9 Å². The summed E-state index contributed by atoms with van der Waals surface area (Å²) >= 11 is 0. The Balaban J connectivity index is 1.86. The van der Waals surface area contributed by atoms with Gasteiger partial charge in [0, 0.05) is 31.3 Å². The fourth-order valence-electron chi connectivity index (χ4n) is 2.60. The number of rotatable bonds is 3. The molecule has 0 aliphatic carbocycles. The molecule has 1 aliphatic heterocycles. The van der Waals surface area contributed by atoms with Crippen LogP contribution in [0.25, 0.3) is 0 Å². The number of ether oxygens (including phenoxy) is 1. The van der Waals surface area contributed by atoms with Crippen molar-refractivity contribution in [1.82, 2.24) is 9.55 Å². The van der Waals surface area contributed by atoms with Crippen molar-refractivity contribution < 1.29 is 13.5 Å². The molecule has 0 radical (unpaired) electrons. The molecule has 1 aromatic heterocycles. The van der Waals surface area contributed by atoms with Crippen LogP contribution in [-0.4, -0.2) is 22.6 Å². The van der Waals surface area contributed by atoms with Gasteiger partial charge < -0.3 is 9.64 Å². The number of fused-ring (bicyclic) bond motifs is 1. The molecule has 2 heterocycles. The summed E-state index contributed by atoms with van der Waals surface area (Å²) in [7, 11) is 1.89. The molecule has 23 heavy (non-hydrogen) atoms. The third kappa shape index (κ3) is 2.91. The Hall–Kier alpha value is -2.44. The molecule has 1 aliphatic rings. The third-order valence-corrected chi connectivity index (χ3v) is 4.17. The normalized spacial score (nSPS) is 17.0. The van der Waals surface area contributed by atoms with Gasteiger partial charge in [-0.25, -0.2) is 13.6 Å². The number of nitrogens with zero attached hydrogens (tertiary/aromatic N) is 3. The quantitative estimate of drug-likeness (QED) is 0.870. The second kappa shape index (κ2) is 5.98. The van der Waals surface area contributed by atoms with Crippen LogP contribution in [0.5, 0.6) is 5.88 Å². The Bertz CT molecular complexity index is 791. The topological polar surface area (TPSA) is 47.4 Å². The largest absolute Gasteiger partial charge is 0.472 e. The Kier molecular flexibility index (Phi) is 4.02. The number of aromatic nitrogens is 2. The fraction of sp³-hybridized carbons (Fsp3) is 0.375. The summed E-state index contributed by atoms with van der Waals surface area (Å²) in [6, 6.07) is 5.82. The van der Waals surface area contributed by atoms with E-state index in [4.69, 9.17) is 4.74 Å². The molecule has 1 aromatic carbocycles.